The van der Waals surface area contributed by atoms with E-state index in [0.717, 1.165) is 89.4 Å². The molecule has 50 heavy (non-hydrogen) atoms. The molecular weight excluding hydrogens is 664 g/mol. The van der Waals surface area contributed by atoms with Crippen LogP contribution in [0.25, 0.3) is 90.9 Å². The molecule has 2 aliphatic heterocycles. The predicted molar refractivity (Wildman–Crippen MR) is 205 cm³/mol. The van der Waals surface area contributed by atoms with Gasteiger partial charge in [0.2, 0.25) is 0 Å². The van der Waals surface area contributed by atoms with Crippen LogP contribution in [0.4, 0.5) is 5.69 Å². The van der Waals surface area contributed by atoms with E-state index in [4.69, 9.17) is 15.7 Å². The smallest absolute Gasteiger partial charge is 0.0737 e. The maximum absolute atomic E-state index is 6.14. The Bertz CT molecular complexity index is 2540. The van der Waals surface area contributed by atoms with Gasteiger partial charge in [-0.15, -0.1) is 0 Å². The molecule has 4 N–H and O–H groups in total. The molecule has 0 atom stereocenters. The van der Waals surface area contributed by atoms with Crippen LogP contribution in [-0.4, -0.2) is 19.9 Å². The van der Waals surface area contributed by atoms with Crippen LogP contribution in [-0.2, 0) is 19.5 Å². The third-order valence-corrected chi connectivity index (χ3v) is 9.14. The summed E-state index contributed by atoms with van der Waals surface area (Å²) in [5, 5.41) is 0. The summed E-state index contributed by atoms with van der Waals surface area (Å²) in [6.07, 6.45) is 8.48. The number of hydrogen-bond acceptors (Lipinski definition) is 3. The summed E-state index contributed by atoms with van der Waals surface area (Å²) in [6, 6.07) is 48.0. The fourth-order valence-corrected chi connectivity index (χ4v) is 6.88. The maximum Gasteiger partial charge on any atom is 0.0737 e. The van der Waals surface area contributed by atoms with Crippen molar-refractivity contribution in [1.82, 2.24) is 19.9 Å². The van der Waals surface area contributed by atoms with Gasteiger partial charge in [0, 0.05) is 69.5 Å². The van der Waals surface area contributed by atoms with Crippen LogP contribution in [0.2, 0.25) is 0 Å². The third kappa shape index (κ3) is 5.60. The molecule has 2 aliphatic rings. The van der Waals surface area contributed by atoms with E-state index in [1.54, 1.807) is 0 Å². The summed E-state index contributed by atoms with van der Waals surface area (Å²) >= 11 is 0. The van der Waals surface area contributed by atoms with Crippen LogP contribution >= 0.6 is 0 Å². The van der Waals surface area contributed by atoms with Crippen LogP contribution < -0.4 is 5.73 Å². The first-order valence-corrected chi connectivity index (χ1v) is 16.4. The minimum Gasteiger partial charge on any atom is -0.399 e. The van der Waals surface area contributed by atoms with Gasteiger partial charge in [-0.1, -0.05) is 103 Å². The molecule has 0 radical (unpaired) electrons. The van der Waals surface area contributed by atoms with E-state index in [0.29, 0.717) is 5.69 Å². The Morgan fingerprint density at radius 1 is 0.340 bits per heavy atom. The summed E-state index contributed by atoms with van der Waals surface area (Å²) in [7, 11) is 0. The molecule has 0 saturated carbocycles. The molecule has 234 valence electrons. The van der Waals surface area contributed by atoms with Crippen LogP contribution in [0.1, 0.15) is 22.8 Å². The Balaban J connectivity index is 0.00000361. The van der Waals surface area contributed by atoms with Gasteiger partial charge in [0.25, 0.3) is 0 Å². The van der Waals surface area contributed by atoms with Crippen molar-refractivity contribution in [2.24, 2.45) is 0 Å². The number of hydrogen-bond donors (Lipinski definition) is 3. The van der Waals surface area contributed by atoms with Gasteiger partial charge < -0.3 is 15.7 Å². The number of H-pyrrole nitrogens is 2. The Morgan fingerprint density at radius 2 is 0.620 bits per heavy atom. The van der Waals surface area contributed by atoms with Gasteiger partial charge in [-0.2, -0.15) is 0 Å². The number of benzene rings is 4. The molecule has 8 bridgehead atoms. The molecule has 0 saturated heterocycles. The van der Waals surface area contributed by atoms with Crippen molar-refractivity contribution in [2.75, 3.05) is 5.73 Å². The van der Waals surface area contributed by atoms with E-state index >= 15 is 0 Å². The summed E-state index contributed by atoms with van der Waals surface area (Å²) in [4.78, 5) is 18.3. The molecule has 6 heteroatoms. The van der Waals surface area contributed by atoms with Crippen LogP contribution in [0.5, 0.6) is 0 Å². The number of nitrogens with two attached hydrogens (primary N) is 1. The van der Waals surface area contributed by atoms with E-state index in [-0.39, 0.29) is 19.5 Å². The van der Waals surface area contributed by atoms with Crippen LogP contribution in [0.15, 0.2) is 140 Å². The maximum atomic E-state index is 6.14. The summed E-state index contributed by atoms with van der Waals surface area (Å²) in [5.74, 6) is 0. The quantitative estimate of drug-likeness (QED) is 0.127. The zero-order chi connectivity index (χ0) is 32.7. The normalized spacial score (nSPS) is 11.8. The molecule has 9 rings (SSSR count). The Labute approximate surface area is 302 Å². The van der Waals surface area contributed by atoms with Gasteiger partial charge in [-0.25, -0.2) is 9.97 Å². The SMILES string of the molecule is Nc1ccc(-c2c3nc(c(-c4ccccc4)c4ccc([nH]4)c(-c4ccccc4)c4nc(c(-c5ccccc5)c5ccc2[nH]5)C=C4)C=C3)cc1.[Zn]. The Morgan fingerprint density at radius 3 is 0.920 bits per heavy atom. The van der Waals surface area contributed by atoms with Gasteiger partial charge in [-0.3, -0.25) is 0 Å². The van der Waals surface area contributed by atoms with Crippen molar-refractivity contribution in [2.45, 2.75) is 0 Å². The largest absolute Gasteiger partial charge is 0.399 e. The van der Waals surface area contributed by atoms with Gasteiger partial charge in [0.15, 0.2) is 0 Å². The van der Waals surface area contributed by atoms with Crippen molar-refractivity contribution >= 4 is 52.1 Å². The first-order valence-electron chi connectivity index (χ1n) is 16.4. The number of nitrogen functional groups attached to an aromatic ring is 1. The molecule has 0 aliphatic carbocycles. The molecule has 0 unspecified atom stereocenters. The zero-order valence-corrected chi connectivity index (χ0v) is 30.2. The number of aromatic nitrogens is 4. The van der Waals surface area contributed by atoms with Crippen molar-refractivity contribution in [3.63, 3.8) is 0 Å². The number of fused-ring (bicyclic) bond motifs is 8. The number of nitrogens with zero attached hydrogens (tertiary/aromatic N) is 2. The number of rotatable bonds is 4. The third-order valence-electron chi connectivity index (χ3n) is 9.14. The Hall–Kier alpha value is -6.10. The molecule has 4 aromatic carbocycles. The van der Waals surface area contributed by atoms with Gasteiger partial charge >= 0.3 is 0 Å². The van der Waals surface area contributed by atoms with Gasteiger partial charge in [-0.05, 0) is 83.0 Å². The number of aromatic amines is 2. The molecule has 5 nitrogen and oxygen atoms in total. The zero-order valence-electron chi connectivity index (χ0n) is 27.3. The second-order valence-corrected chi connectivity index (χ2v) is 12.2. The second kappa shape index (κ2) is 13.1. The average Bonchev–Trinajstić information content (AvgIpc) is 3.98. The fourth-order valence-electron chi connectivity index (χ4n) is 6.88. The standard InChI is InChI=1S/C44H31N5.Zn/c45-32-18-16-31(17-19-32)44-39-26-24-37(48-39)42(29-12-6-2-7-13-29)35-22-20-33(46-35)41(28-10-4-1-5-11-28)34-21-23-36(47-34)43(30-14-8-3-9-15-30)38-25-27-40(44)49-38;/h1-27,46,49H,45H2;. The van der Waals surface area contributed by atoms with E-state index in [9.17, 15) is 0 Å². The summed E-state index contributed by atoms with van der Waals surface area (Å²) in [5.41, 5.74) is 22.6. The van der Waals surface area contributed by atoms with E-state index < -0.39 is 0 Å². The number of anilines is 1. The number of nitrogens with one attached hydrogen (secondary N) is 2. The van der Waals surface area contributed by atoms with E-state index in [1.165, 1.54) is 0 Å². The summed E-state index contributed by atoms with van der Waals surface area (Å²) in [6.45, 7) is 0. The summed E-state index contributed by atoms with van der Waals surface area (Å²) < 4.78 is 0. The predicted octanol–water partition coefficient (Wildman–Crippen LogP) is 10.9. The van der Waals surface area contributed by atoms with E-state index in [2.05, 4.69) is 143 Å². The first kappa shape index (κ1) is 31.2. The average molecular weight is 695 g/mol. The topological polar surface area (TPSA) is 83.4 Å². The first-order chi connectivity index (χ1) is 24.2. The van der Waals surface area contributed by atoms with Crippen molar-refractivity contribution < 1.29 is 19.5 Å². The van der Waals surface area contributed by atoms with Crippen molar-refractivity contribution in [1.29, 1.82) is 0 Å². The molecular formula is C44H31N5Zn. The minimum absolute atomic E-state index is 0. The minimum atomic E-state index is 0. The molecule has 0 amide bonds. The molecule has 0 fully saturated rings. The van der Waals surface area contributed by atoms with Crippen molar-refractivity contribution in [3.8, 4) is 44.5 Å². The van der Waals surface area contributed by atoms with Crippen LogP contribution in [0.3, 0.4) is 0 Å². The molecule has 3 aromatic heterocycles. The molecule has 0 spiro atoms. The van der Waals surface area contributed by atoms with Crippen molar-refractivity contribution in [3.05, 3.63) is 162 Å². The fraction of sp³-hybridized carbons (Fsp3) is 0. The van der Waals surface area contributed by atoms with Gasteiger partial charge in [0.1, 0.15) is 0 Å². The Kier molecular flexibility index (Phi) is 8.16. The molecule has 7 aromatic rings. The van der Waals surface area contributed by atoms with Crippen LogP contribution in [0, 0.1) is 0 Å². The van der Waals surface area contributed by atoms with E-state index in [1.807, 2.05) is 30.3 Å². The second-order valence-electron chi connectivity index (χ2n) is 12.2. The monoisotopic (exact) mass is 693 g/mol. The molecule has 5 heterocycles. The van der Waals surface area contributed by atoms with Gasteiger partial charge in [0.05, 0.1) is 22.8 Å².